The fourth-order valence-corrected chi connectivity index (χ4v) is 4.18. The second kappa shape index (κ2) is 9.15. The summed E-state index contributed by atoms with van der Waals surface area (Å²) in [6.07, 6.45) is 4.58. The number of thiophene rings is 1. The number of carbonyl (C=O) groups excluding carboxylic acids is 2. The Morgan fingerprint density at radius 3 is 2.57 bits per heavy atom. The molecule has 1 fully saturated rings. The third-order valence-electron chi connectivity index (χ3n) is 4.92. The monoisotopic (exact) mass is 421 g/mol. The van der Waals surface area contributed by atoms with E-state index in [-0.39, 0.29) is 17.7 Å². The number of hydrogen-bond acceptors (Lipinski definition) is 7. The summed E-state index contributed by atoms with van der Waals surface area (Å²) in [5, 5.41) is 9.47. The van der Waals surface area contributed by atoms with Gasteiger partial charge in [-0.25, -0.2) is 9.97 Å². The largest absolute Gasteiger partial charge is 0.340 e. The van der Waals surface area contributed by atoms with Crippen LogP contribution in [-0.2, 0) is 4.79 Å². The lowest BCUT2D eigenvalue weighted by molar-refractivity contribution is -0.118. The van der Waals surface area contributed by atoms with Gasteiger partial charge in [0, 0.05) is 17.4 Å². The highest BCUT2D eigenvalue weighted by atomic mass is 32.1. The highest BCUT2D eigenvalue weighted by molar-refractivity contribution is 7.17. The smallest absolute Gasteiger partial charge is 0.241 e. The van der Waals surface area contributed by atoms with Gasteiger partial charge in [-0.15, -0.1) is 11.3 Å². The minimum Gasteiger partial charge on any atom is -0.340 e. The van der Waals surface area contributed by atoms with Crippen LogP contribution < -0.4 is 16.0 Å². The minimum atomic E-state index is -0.114. The predicted octanol–water partition coefficient (Wildman–Crippen LogP) is 4.23. The van der Waals surface area contributed by atoms with Crippen molar-refractivity contribution < 1.29 is 9.59 Å². The van der Waals surface area contributed by atoms with Crippen molar-refractivity contribution in [1.29, 1.82) is 0 Å². The SMILES string of the molecule is CC(=O)c1ccc(-c2cc(Nc3ccc(NC(=O)[C@@H]4CCCCN4)cc3)ncn2)s1. The predicted molar refractivity (Wildman–Crippen MR) is 119 cm³/mol. The molecule has 7 nitrogen and oxygen atoms in total. The van der Waals surface area contributed by atoms with Crippen LogP contribution in [0.1, 0.15) is 35.9 Å². The molecule has 0 radical (unpaired) electrons. The van der Waals surface area contributed by atoms with Gasteiger partial charge in [-0.1, -0.05) is 6.42 Å². The Labute approximate surface area is 179 Å². The van der Waals surface area contributed by atoms with Gasteiger partial charge in [0.05, 0.1) is 21.5 Å². The molecule has 0 spiro atoms. The normalized spacial score (nSPS) is 16.1. The van der Waals surface area contributed by atoms with Gasteiger partial charge in [-0.3, -0.25) is 9.59 Å². The summed E-state index contributed by atoms with van der Waals surface area (Å²) >= 11 is 1.42. The molecule has 0 bridgehead atoms. The summed E-state index contributed by atoms with van der Waals surface area (Å²) in [6.45, 7) is 2.45. The van der Waals surface area contributed by atoms with Crippen molar-refractivity contribution in [3.05, 3.63) is 53.7 Å². The average molecular weight is 422 g/mol. The number of piperidine rings is 1. The molecular formula is C22H23N5O2S. The third-order valence-corrected chi connectivity index (χ3v) is 6.13. The number of amides is 1. The minimum absolute atomic E-state index is 0.0109. The van der Waals surface area contributed by atoms with Gasteiger partial charge in [0.1, 0.15) is 12.1 Å². The van der Waals surface area contributed by atoms with Crippen LogP contribution in [-0.4, -0.2) is 34.2 Å². The van der Waals surface area contributed by atoms with E-state index in [4.69, 9.17) is 0 Å². The molecule has 2 aromatic heterocycles. The standard InChI is InChI=1S/C22H23N5O2S/c1-14(28)19-9-10-20(30-19)18-12-21(25-13-24-18)26-15-5-7-16(8-6-15)27-22(29)17-4-2-3-11-23-17/h5-10,12-13,17,23H,2-4,11H2,1H3,(H,27,29)(H,24,25,26)/t17-/m0/s1. The van der Waals surface area contributed by atoms with E-state index in [1.807, 2.05) is 42.5 Å². The van der Waals surface area contributed by atoms with Crippen molar-refractivity contribution >= 4 is 40.2 Å². The first kappa shape index (κ1) is 20.2. The molecule has 154 valence electrons. The van der Waals surface area contributed by atoms with E-state index in [2.05, 4.69) is 25.9 Å². The first-order chi connectivity index (χ1) is 14.6. The Bertz CT molecular complexity index is 1040. The quantitative estimate of drug-likeness (QED) is 0.516. The molecule has 30 heavy (non-hydrogen) atoms. The number of ketones is 1. The summed E-state index contributed by atoms with van der Waals surface area (Å²) in [6, 6.07) is 13.0. The number of rotatable bonds is 6. The molecule has 0 unspecified atom stereocenters. The Morgan fingerprint density at radius 2 is 1.87 bits per heavy atom. The fourth-order valence-electron chi connectivity index (χ4n) is 3.31. The van der Waals surface area contributed by atoms with Gasteiger partial charge in [0.15, 0.2) is 5.78 Å². The van der Waals surface area contributed by atoms with Crippen molar-refractivity contribution in [2.75, 3.05) is 17.2 Å². The molecule has 1 amide bonds. The van der Waals surface area contributed by atoms with E-state index in [0.717, 1.165) is 47.8 Å². The molecule has 1 aliphatic rings. The zero-order valence-electron chi connectivity index (χ0n) is 16.6. The van der Waals surface area contributed by atoms with Crippen molar-refractivity contribution in [2.45, 2.75) is 32.2 Å². The average Bonchev–Trinajstić information content (AvgIpc) is 3.27. The molecule has 0 aliphatic carbocycles. The summed E-state index contributed by atoms with van der Waals surface area (Å²) in [5.41, 5.74) is 2.37. The first-order valence-electron chi connectivity index (χ1n) is 9.93. The molecule has 3 heterocycles. The van der Waals surface area contributed by atoms with E-state index in [1.165, 1.54) is 17.7 Å². The van der Waals surface area contributed by atoms with Crippen LogP contribution >= 0.6 is 11.3 Å². The Balaban J connectivity index is 1.40. The zero-order valence-corrected chi connectivity index (χ0v) is 17.5. The number of nitrogens with zero attached hydrogens (tertiary/aromatic N) is 2. The molecule has 4 rings (SSSR count). The summed E-state index contributed by atoms with van der Waals surface area (Å²) in [5.74, 6) is 0.711. The number of benzene rings is 1. The number of carbonyl (C=O) groups is 2. The van der Waals surface area contributed by atoms with Crippen LogP contribution in [0.4, 0.5) is 17.2 Å². The van der Waals surface area contributed by atoms with Gasteiger partial charge < -0.3 is 16.0 Å². The van der Waals surface area contributed by atoms with Crippen LogP contribution in [0.15, 0.2) is 48.8 Å². The highest BCUT2D eigenvalue weighted by Gasteiger charge is 2.20. The van der Waals surface area contributed by atoms with Crippen molar-refractivity contribution in [3.63, 3.8) is 0 Å². The van der Waals surface area contributed by atoms with E-state index < -0.39 is 0 Å². The summed E-state index contributed by atoms with van der Waals surface area (Å²) in [7, 11) is 0. The molecule has 3 N–H and O–H groups in total. The third kappa shape index (κ3) is 4.90. The highest BCUT2D eigenvalue weighted by Crippen LogP contribution is 2.28. The van der Waals surface area contributed by atoms with Gasteiger partial charge in [-0.2, -0.15) is 0 Å². The molecular weight excluding hydrogens is 398 g/mol. The number of nitrogens with one attached hydrogen (secondary N) is 3. The molecule has 1 saturated heterocycles. The molecule has 0 saturated carbocycles. The Kier molecular flexibility index (Phi) is 6.15. The maximum Gasteiger partial charge on any atom is 0.241 e. The number of hydrogen-bond donors (Lipinski definition) is 3. The van der Waals surface area contributed by atoms with Crippen LogP contribution in [0.5, 0.6) is 0 Å². The van der Waals surface area contributed by atoms with E-state index in [9.17, 15) is 9.59 Å². The topological polar surface area (TPSA) is 96.0 Å². The molecule has 1 aromatic carbocycles. The number of Topliss-reactive ketones (excluding diaryl/α,β-unsaturated/α-hetero) is 1. The second-order valence-electron chi connectivity index (χ2n) is 7.20. The number of aromatic nitrogens is 2. The lowest BCUT2D eigenvalue weighted by Gasteiger charge is -2.22. The van der Waals surface area contributed by atoms with Gasteiger partial charge >= 0.3 is 0 Å². The molecule has 8 heteroatoms. The van der Waals surface area contributed by atoms with Crippen molar-refractivity contribution in [3.8, 4) is 10.6 Å². The molecule has 3 aromatic rings. The van der Waals surface area contributed by atoms with E-state index >= 15 is 0 Å². The van der Waals surface area contributed by atoms with Crippen LogP contribution in [0.25, 0.3) is 10.6 Å². The van der Waals surface area contributed by atoms with E-state index in [0.29, 0.717) is 10.7 Å². The van der Waals surface area contributed by atoms with Crippen molar-refractivity contribution in [1.82, 2.24) is 15.3 Å². The summed E-state index contributed by atoms with van der Waals surface area (Å²) in [4.78, 5) is 34.1. The van der Waals surface area contributed by atoms with Gasteiger partial charge in [0.2, 0.25) is 5.91 Å². The lowest BCUT2D eigenvalue weighted by Crippen LogP contribution is -2.43. The van der Waals surface area contributed by atoms with E-state index in [1.54, 1.807) is 6.92 Å². The van der Waals surface area contributed by atoms with Gasteiger partial charge in [-0.05, 0) is 62.7 Å². The van der Waals surface area contributed by atoms with Crippen LogP contribution in [0.3, 0.4) is 0 Å². The molecule has 1 atom stereocenters. The fraction of sp³-hybridized carbons (Fsp3) is 0.273. The maximum absolute atomic E-state index is 12.3. The zero-order chi connectivity index (χ0) is 20.9. The number of anilines is 3. The summed E-state index contributed by atoms with van der Waals surface area (Å²) < 4.78 is 0. The Hall–Kier alpha value is -3.10. The lowest BCUT2D eigenvalue weighted by atomic mass is 10.0. The Morgan fingerprint density at radius 1 is 1.07 bits per heavy atom. The van der Waals surface area contributed by atoms with Crippen molar-refractivity contribution in [2.24, 2.45) is 0 Å². The molecule has 1 aliphatic heterocycles. The van der Waals surface area contributed by atoms with Gasteiger partial charge in [0.25, 0.3) is 0 Å². The first-order valence-corrected chi connectivity index (χ1v) is 10.7. The van der Waals surface area contributed by atoms with Crippen LogP contribution in [0.2, 0.25) is 0 Å². The second-order valence-corrected chi connectivity index (χ2v) is 8.29. The van der Waals surface area contributed by atoms with Crippen LogP contribution in [0, 0.1) is 0 Å². The maximum atomic E-state index is 12.3.